The number of nitrogens with one attached hydrogen (secondary N) is 1. The second-order valence-electron chi connectivity index (χ2n) is 6.16. The summed E-state index contributed by atoms with van der Waals surface area (Å²) in [5, 5.41) is 3.63. The number of fused-ring (bicyclic) bond motifs is 2. The molecule has 0 bridgehead atoms. The monoisotopic (exact) mass is 335 g/mol. The third-order valence-corrected chi connectivity index (χ3v) is 6.03. The maximum atomic E-state index is 6.33. The number of aromatic nitrogens is 2. The highest BCUT2D eigenvalue weighted by molar-refractivity contribution is 7.16. The van der Waals surface area contributed by atoms with E-state index in [4.69, 9.17) is 16.3 Å². The molecule has 0 aromatic carbocycles. The SMILES string of the molecule is CC1CC2(CC(c3cnccn3)N1)OCCc1cc(Cl)sc12. The number of hydrogen-bond acceptors (Lipinski definition) is 5. The lowest BCUT2D eigenvalue weighted by atomic mass is 9.79. The second kappa shape index (κ2) is 5.57. The summed E-state index contributed by atoms with van der Waals surface area (Å²) in [6, 6.07) is 2.62. The van der Waals surface area contributed by atoms with Crippen LogP contribution in [0, 0.1) is 0 Å². The van der Waals surface area contributed by atoms with E-state index < -0.39 is 0 Å². The Labute approximate surface area is 138 Å². The van der Waals surface area contributed by atoms with Crippen molar-refractivity contribution >= 4 is 22.9 Å². The van der Waals surface area contributed by atoms with Crippen molar-refractivity contribution in [1.29, 1.82) is 0 Å². The first kappa shape index (κ1) is 14.6. The normalized spacial score (nSPS) is 31.2. The van der Waals surface area contributed by atoms with Crippen LogP contribution >= 0.6 is 22.9 Å². The Morgan fingerprint density at radius 1 is 1.41 bits per heavy atom. The molecule has 0 amide bonds. The first-order valence-corrected chi connectivity index (χ1v) is 8.80. The lowest BCUT2D eigenvalue weighted by Gasteiger charge is -2.45. The lowest BCUT2D eigenvalue weighted by molar-refractivity contribution is -0.0958. The van der Waals surface area contributed by atoms with Crippen molar-refractivity contribution < 1.29 is 4.74 Å². The first-order valence-electron chi connectivity index (χ1n) is 7.61. The summed E-state index contributed by atoms with van der Waals surface area (Å²) < 4.78 is 7.19. The van der Waals surface area contributed by atoms with Gasteiger partial charge in [-0.05, 0) is 31.4 Å². The van der Waals surface area contributed by atoms with Gasteiger partial charge in [0, 0.05) is 35.9 Å². The van der Waals surface area contributed by atoms with E-state index >= 15 is 0 Å². The zero-order valence-electron chi connectivity index (χ0n) is 12.4. The van der Waals surface area contributed by atoms with Gasteiger partial charge in [-0.25, -0.2) is 0 Å². The van der Waals surface area contributed by atoms with Crippen LogP contribution in [0.4, 0.5) is 0 Å². The molecule has 2 aromatic rings. The van der Waals surface area contributed by atoms with E-state index in [9.17, 15) is 0 Å². The van der Waals surface area contributed by atoms with Gasteiger partial charge in [-0.15, -0.1) is 11.3 Å². The van der Waals surface area contributed by atoms with Gasteiger partial charge in [0.1, 0.15) is 5.60 Å². The van der Waals surface area contributed by atoms with E-state index in [1.807, 2.05) is 6.20 Å². The number of rotatable bonds is 1. The van der Waals surface area contributed by atoms with Gasteiger partial charge >= 0.3 is 0 Å². The van der Waals surface area contributed by atoms with E-state index in [2.05, 4.69) is 28.3 Å². The van der Waals surface area contributed by atoms with Crippen molar-refractivity contribution in [1.82, 2.24) is 15.3 Å². The Morgan fingerprint density at radius 2 is 2.32 bits per heavy atom. The van der Waals surface area contributed by atoms with Gasteiger partial charge in [0.15, 0.2) is 0 Å². The molecule has 0 aliphatic carbocycles. The van der Waals surface area contributed by atoms with Gasteiger partial charge < -0.3 is 10.1 Å². The fraction of sp³-hybridized carbons (Fsp3) is 0.500. The molecular weight excluding hydrogens is 318 g/mol. The van der Waals surface area contributed by atoms with Crippen LogP contribution in [0.5, 0.6) is 0 Å². The van der Waals surface area contributed by atoms with Crippen molar-refractivity contribution in [2.24, 2.45) is 0 Å². The number of nitrogens with zero attached hydrogens (tertiary/aromatic N) is 2. The summed E-state index contributed by atoms with van der Waals surface area (Å²) in [5.41, 5.74) is 2.10. The smallest absolute Gasteiger partial charge is 0.106 e. The number of piperidine rings is 1. The standard InChI is InChI=1S/C16H18ClN3OS/c1-10-7-16(8-12(20-10)13-9-18-3-4-19-13)15-11(2-5-21-16)6-14(17)22-15/h3-4,6,9-10,12,20H,2,5,7-8H2,1H3. The highest BCUT2D eigenvalue weighted by Crippen LogP contribution is 2.49. The molecule has 2 aliphatic heterocycles. The quantitative estimate of drug-likeness (QED) is 0.866. The van der Waals surface area contributed by atoms with E-state index in [0.29, 0.717) is 6.04 Å². The molecule has 6 heteroatoms. The van der Waals surface area contributed by atoms with Crippen molar-refractivity contribution in [2.75, 3.05) is 6.61 Å². The van der Waals surface area contributed by atoms with E-state index in [-0.39, 0.29) is 11.6 Å². The van der Waals surface area contributed by atoms with Gasteiger partial charge in [-0.3, -0.25) is 9.97 Å². The summed E-state index contributed by atoms with van der Waals surface area (Å²) in [4.78, 5) is 9.99. The van der Waals surface area contributed by atoms with Crippen LogP contribution < -0.4 is 5.32 Å². The van der Waals surface area contributed by atoms with Crippen LogP contribution in [-0.2, 0) is 16.8 Å². The first-order chi connectivity index (χ1) is 10.7. The minimum atomic E-state index is -0.238. The molecule has 22 heavy (non-hydrogen) atoms. The Bertz CT molecular complexity index is 677. The molecule has 0 saturated carbocycles. The summed E-state index contributed by atoms with van der Waals surface area (Å²) in [6.45, 7) is 2.97. The third kappa shape index (κ3) is 2.46. The highest BCUT2D eigenvalue weighted by atomic mass is 35.5. The largest absolute Gasteiger partial charge is 0.369 e. The molecule has 4 nitrogen and oxygen atoms in total. The Morgan fingerprint density at radius 3 is 3.14 bits per heavy atom. The Hall–Kier alpha value is -1.01. The van der Waals surface area contributed by atoms with Gasteiger partial charge in [0.05, 0.1) is 22.7 Å². The third-order valence-electron chi connectivity index (χ3n) is 4.54. The molecule has 1 spiro atoms. The Balaban J connectivity index is 1.73. The Kier molecular flexibility index (Phi) is 3.69. The zero-order chi connectivity index (χ0) is 15.2. The van der Waals surface area contributed by atoms with E-state index in [0.717, 1.165) is 35.9 Å². The zero-order valence-corrected chi connectivity index (χ0v) is 14.0. The average Bonchev–Trinajstić information content (AvgIpc) is 2.90. The highest BCUT2D eigenvalue weighted by Gasteiger charge is 2.46. The fourth-order valence-corrected chi connectivity index (χ4v) is 5.20. The van der Waals surface area contributed by atoms with E-state index in [1.165, 1.54) is 10.4 Å². The van der Waals surface area contributed by atoms with Gasteiger partial charge in [0.2, 0.25) is 0 Å². The molecule has 1 fully saturated rings. The number of ether oxygens (including phenoxy) is 1. The predicted molar refractivity (Wildman–Crippen MR) is 87.3 cm³/mol. The van der Waals surface area contributed by atoms with Gasteiger partial charge in [0.25, 0.3) is 0 Å². The molecular formula is C16H18ClN3OS. The minimum absolute atomic E-state index is 0.157. The average molecular weight is 336 g/mol. The fourth-order valence-electron chi connectivity index (χ4n) is 3.74. The predicted octanol–water partition coefficient (Wildman–Crippen LogP) is 3.47. The maximum absolute atomic E-state index is 6.33. The molecule has 2 aliphatic rings. The molecule has 3 atom stereocenters. The number of hydrogen-bond donors (Lipinski definition) is 1. The molecule has 1 N–H and O–H groups in total. The summed E-state index contributed by atoms with van der Waals surface area (Å²) in [6.07, 6.45) is 8.10. The van der Waals surface area contributed by atoms with Crippen LogP contribution in [0.1, 0.15) is 41.9 Å². The summed E-state index contributed by atoms with van der Waals surface area (Å²) in [7, 11) is 0. The van der Waals surface area contributed by atoms with Crippen LogP contribution in [0.15, 0.2) is 24.7 Å². The molecule has 4 heterocycles. The molecule has 1 saturated heterocycles. The van der Waals surface area contributed by atoms with Gasteiger partial charge in [-0.2, -0.15) is 0 Å². The summed E-state index contributed by atoms with van der Waals surface area (Å²) >= 11 is 7.94. The lowest BCUT2D eigenvalue weighted by Crippen LogP contribution is -2.49. The van der Waals surface area contributed by atoms with Crippen molar-refractivity contribution in [3.63, 3.8) is 0 Å². The van der Waals surface area contributed by atoms with Crippen molar-refractivity contribution in [2.45, 2.75) is 43.9 Å². The van der Waals surface area contributed by atoms with Crippen LogP contribution in [-0.4, -0.2) is 22.6 Å². The molecule has 3 unspecified atom stereocenters. The second-order valence-corrected chi connectivity index (χ2v) is 7.84. The topological polar surface area (TPSA) is 47.0 Å². The van der Waals surface area contributed by atoms with Crippen LogP contribution in [0.2, 0.25) is 4.34 Å². The van der Waals surface area contributed by atoms with Crippen molar-refractivity contribution in [3.05, 3.63) is 45.1 Å². The summed E-state index contributed by atoms with van der Waals surface area (Å²) in [5.74, 6) is 0. The van der Waals surface area contributed by atoms with Crippen LogP contribution in [0.3, 0.4) is 0 Å². The maximum Gasteiger partial charge on any atom is 0.106 e. The van der Waals surface area contributed by atoms with Crippen molar-refractivity contribution in [3.8, 4) is 0 Å². The number of thiophene rings is 1. The van der Waals surface area contributed by atoms with Gasteiger partial charge in [-0.1, -0.05) is 11.6 Å². The van der Waals surface area contributed by atoms with E-state index in [1.54, 1.807) is 23.7 Å². The molecule has 0 radical (unpaired) electrons. The molecule has 4 rings (SSSR count). The molecule has 2 aromatic heterocycles. The van der Waals surface area contributed by atoms with Crippen LogP contribution in [0.25, 0.3) is 0 Å². The number of halogens is 1. The minimum Gasteiger partial charge on any atom is -0.369 e. The molecule has 116 valence electrons.